The Labute approximate surface area is 164 Å². The number of anilines is 1. The van der Waals surface area contributed by atoms with Crippen LogP contribution in [-0.4, -0.2) is 52.8 Å². The van der Waals surface area contributed by atoms with Crippen LogP contribution in [0.1, 0.15) is 12.0 Å². The molecule has 0 bridgehead atoms. The molecule has 2 aromatic rings. The predicted octanol–water partition coefficient (Wildman–Crippen LogP) is 3.69. The van der Waals surface area contributed by atoms with Crippen molar-refractivity contribution in [2.75, 3.05) is 25.0 Å². The smallest absolute Gasteiger partial charge is 0.334 e. The van der Waals surface area contributed by atoms with Crippen LogP contribution in [0.25, 0.3) is 0 Å². The van der Waals surface area contributed by atoms with Gasteiger partial charge in [0.05, 0.1) is 6.54 Å². The van der Waals surface area contributed by atoms with Gasteiger partial charge in [-0.15, -0.1) is 0 Å². The van der Waals surface area contributed by atoms with E-state index < -0.39 is 18.8 Å². The van der Waals surface area contributed by atoms with Crippen LogP contribution in [0.2, 0.25) is 0 Å². The van der Waals surface area contributed by atoms with Gasteiger partial charge in [0, 0.05) is 42.1 Å². The zero-order chi connectivity index (χ0) is 20.1. The maximum Gasteiger partial charge on any atom is 0.401 e. The molecular formula is C18H20F3N5OS. The topological polar surface area (TPSA) is 70.1 Å². The van der Waals surface area contributed by atoms with Gasteiger partial charge >= 0.3 is 12.2 Å². The molecule has 1 atom stereocenters. The number of benzene rings is 1. The highest BCUT2D eigenvalue weighted by atomic mass is 32.2. The van der Waals surface area contributed by atoms with Crippen LogP contribution in [0, 0.1) is 6.92 Å². The van der Waals surface area contributed by atoms with Gasteiger partial charge in [0.15, 0.2) is 5.16 Å². The van der Waals surface area contributed by atoms with Crippen molar-refractivity contribution < 1.29 is 18.0 Å². The van der Waals surface area contributed by atoms with E-state index in [2.05, 4.69) is 20.6 Å². The van der Waals surface area contributed by atoms with E-state index >= 15 is 0 Å². The molecule has 0 radical (unpaired) electrons. The highest BCUT2D eigenvalue weighted by molar-refractivity contribution is 7.99. The van der Waals surface area contributed by atoms with Crippen LogP contribution in [0.3, 0.4) is 0 Å². The number of aromatic nitrogens is 2. The Hall–Kier alpha value is -2.33. The molecular weight excluding hydrogens is 391 g/mol. The van der Waals surface area contributed by atoms with Crippen molar-refractivity contribution >= 4 is 23.5 Å². The Morgan fingerprint density at radius 2 is 2.07 bits per heavy atom. The number of carbonyl (C=O) groups is 1. The second kappa shape index (κ2) is 8.78. The first kappa shape index (κ1) is 20.4. The van der Waals surface area contributed by atoms with Gasteiger partial charge in [-0.3, -0.25) is 4.90 Å². The minimum absolute atomic E-state index is 0.193. The third-order valence-electron chi connectivity index (χ3n) is 4.21. The molecule has 1 unspecified atom stereocenters. The maximum atomic E-state index is 12.4. The summed E-state index contributed by atoms with van der Waals surface area (Å²) in [6.45, 7) is 1.43. The fraction of sp³-hybridized carbons (Fsp3) is 0.389. The Kier molecular flexibility index (Phi) is 6.40. The molecule has 3 rings (SSSR count). The van der Waals surface area contributed by atoms with Crippen LogP contribution >= 0.6 is 11.8 Å². The number of nitrogens with one attached hydrogen (secondary N) is 2. The summed E-state index contributed by atoms with van der Waals surface area (Å²) in [5.74, 6) is 0. The highest BCUT2D eigenvalue weighted by Gasteiger charge is 2.34. The Bertz CT molecular complexity index is 819. The summed E-state index contributed by atoms with van der Waals surface area (Å²) in [6, 6.07) is 6.57. The van der Waals surface area contributed by atoms with Gasteiger partial charge in [0.1, 0.15) is 0 Å². The number of aryl methyl sites for hydroxylation is 1. The molecule has 2 heterocycles. The average molecular weight is 411 g/mol. The third kappa shape index (κ3) is 6.10. The quantitative estimate of drug-likeness (QED) is 0.735. The Morgan fingerprint density at radius 1 is 1.32 bits per heavy atom. The standard InChI is InChI=1S/C18H20F3N5OS/c1-12-9-14(28-17-22-6-2-7-23-17)3-4-15(12)25-16(27)24-13-5-8-26(10-13)11-18(19,20)21/h2-4,6-7,9,13H,5,8,10-11H2,1H3,(H2,24,25,27). The highest BCUT2D eigenvalue weighted by Crippen LogP contribution is 2.28. The Balaban J connectivity index is 1.52. The van der Waals surface area contributed by atoms with Crippen LogP contribution in [0.4, 0.5) is 23.7 Å². The van der Waals surface area contributed by atoms with Crippen molar-refractivity contribution in [2.24, 2.45) is 0 Å². The molecule has 0 aliphatic carbocycles. The summed E-state index contributed by atoms with van der Waals surface area (Å²) in [5, 5.41) is 6.13. The summed E-state index contributed by atoms with van der Waals surface area (Å²) in [4.78, 5) is 22.8. The molecule has 1 saturated heterocycles. The van der Waals surface area contributed by atoms with E-state index in [4.69, 9.17) is 0 Å². The number of alkyl halides is 3. The molecule has 1 aromatic carbocycles. The summed E-state index contributed by atoms with van der Waals surface area (Å²) in [7, 11) is 0. The lowest BCUT2D eigenvalue weighted by Crippen LogP contribution is -2.41. The van der Waals surface area contributed by atoms with Crippen LogP contribution in [0.15, 0.2) is 46.7 Å². The van der Waals surface area contributed by atoms with Crippen molar-refractivity contribution in [3.8, 4) is 0 Å². The zero-order valence-corrected chi connectivity index (χ0v) is 16.0. The van der Waals surface area contributed by atoms with E-state index in [0.29, 0.717) is 23.8 Å². The molecule has 10 heteroatoms. The molecule has 0 spiro atoms. The lowest BCUT2D eigenvalue weighted by molar-refractivity contribution is -0.143. The average Bonchev–Trinajstić information content (AvgIpc) is 3.03. The molecule has 150 valence electrons. The first-order valence-corrected chi connectivity index (χ1v) is 9.52. The van der Waals surface area contributed by atoms with E-state index in [1.165, 1.54) is 16.7 Å². The first-order valence-electron chi connectivity index (χ1n) is 8.71. The van der Waals surface area contributed by atoms with Gasteiger partial charge in [0.2, 0.25) is 0 Å². The molecule has 28 heavy (non-hydrogen) atoms. The number of hydrogen-bond donors (Lipinski definition) is 2. The van der Waals surface area contributed by atoms with Gasteiger partial charge in [-0.1, -0.05) is 0 Å². The summed E-state index contributed by atoms with van der Waals surface area (Å²) < 4.78 is 37.3. The second-order valence-electron chi connectivity index (χ2n) is 6.54. The van der Waals surface area contributed by atoms with E-state index in [9.17, 15) is 18.0 Å². The molecule has 6 nitrogen and oxygen atoms in total. The van der Waals surface area contributed by atoms with Crippen molar-refractivity contribution in [3.63, 3.8) is 0 Å². The van der Waals surface area contributed by atoms with Crippen molar-refractivity contribution in [1.82, 2.24) is 20.2 Å². The normalized spacial score (nSPS) is 17.5. The third-order valence-corrected chi connectivity index (χ3v) is 5.09. The maximum absolute atomic E-state index is 12.4. The van der Waals surface area contributed by atoms with Gasteiger partial charge in [-0.05, 0) is 54.9 Å². The lowest BCUT2D eigenvalue weighted by Gasteiger charge is -2.18. The van der Waals surface area contributed by atoms with E-state index in [1.54, 1.807) is 24.5 Å². The fourth-order valence-corrected chi connectivity index (χ4v) is 3.78. The molecule has 1 fully saturated rings. The number of hydrogen-bond acceptors (Lipinski definition) is 5. The lowest BCUT2D eigenvalue weighted by atomic mass is 10.2. The predicted molar refractivity (Wildman–Crippen MR) is 100 cm³/mol. The van der Waals surface area contributed by atoms with Crippen LogP contribution in [0.5, 0.6) is 0 Å². The van der Waals surface area contributed by atoms with Crippen LogP contribution < -0.4 is 10.6 Å². The van der Waals surface area contributed by atoms with Gasteiger partial charge < -0.3 is 10.6 Å². The number of amides is 2. The molecule has 0 saturated carbocycles. The molecule has 1 aliphatic rings. The molecule has 1 aromatic heterocycles. The van der Waals surface area contributed by atoms with E-state index in [1.807, 2.05) is 19.1 Å². The van der Waals surface area contributed by atoms with Gasteiger partial charge in [-0.25, -0.2) is 14.8 Å². The van der Waals surface area contributed by atoms with Crippen molar-refractivity contribution in [3.05, 3.63) is 42.2 Å². The second-order valence-corrected chi connectivity index (χ2v) is 7.59. The zero-order valence-electron chi connectivity index (χ0n) is 15.2. The summed E-state index contributed by atoms with van der Waals surface area (Å²) in [6.07, 6.45) is -0.392. The van der Waals surface area contributed by atoms with Crippen molar-refractivity contribution in [1.29, 1.82) is 0 Å². The van der Waals surface area contributed by atoms with Gasteiger partial charge in [0.25, 0.3) is 0 Å². The first-order chi connectivity index (χ1) is 13.3. The molecule has 1 aliphatic heterocycles. The minimum atomic E-state index is -4.22. The SMILES string of the molecule is Cc1cc(Sc2ncccn2)ccc1NC(=O)NC1CCN(CC(F)(F)F)C1. The van der Waals surface area contributed by atoms with E-state index in [-0.39, 0.29) is 12.6 Å². The Morgan fingerprint density at radius 3 is 2.75 bits per heavy atom. The summed E-state index contributed by atoms with van der Waals surface area (Å²) in [5.41, 5.74) is 1.50. The number of carbonyl (C=O) groups excluding carboxylic acids is 1. The largest absolute Gasteiger partial charge is 0.401 e. The van der Waals surface area contributed by atoms with Gasteiger partial charge in [-0.2, -0.15) is 13.2 Å². The molecule has 2 amide bonds. The molecule has 2 N–H and O–H groups in total. The minimum Gasteiger partial charge on any atom is -0.334 e. The number of nitrogens with zero attached hydrogens (tertiary/aromatic N) is 3. The number of urea groups is 1. The number of halogens is 3. The van der Waals surface area contributed by atoms with Crippen LogP contribution in [-0.2, 0) is 0 Å². The fourth-order valence-electron chi connectivity index (χ4n) is 2.97. The summed E-state index contributed by atoms with van der Waals surface area (Å²) >= 11 is 1.41. The number of rotatable bonds is 5. The van der Waals surface area contributed by atoms with Crippen molar-refractivity contribution in [2.45, 2.75) is 35.6 Å². The van der Waals surface area contributed by atoms with E-state index in [0.717, 1.165) is 10.5 Å². The monoisotopic (exact) mass is 411 g/mol. The number of likely N-dealkylation sites (tertiary alicyclic amines) is 1.